The van der Waals surface area contributed by atoms with E-state index in [0.29, 0.717) is 0 Å². The van der Waals surface area contributed by atoms with Crippen LogP contribution >= 0.6 is 22.9 Å². The normalized spacial score (nSPS) is 10.3. The summed E-state index contributed by atoms with van der Waals surface area (Å²) < 4.78 is 6.36. The van der Waals surface area contributed by atoms with Crippen molar-refractivity contribution in [2.75, 3.05) is 11.9 Å². The lowest BCUT2D eigenvalue weighted by atomic mass is 10.3. The second kappa shape index (κ2) is 6.66. The quantitative estimate of drug-likeness (QED) is 0.821. The van der Waals surface area contributed by atoms with Gasteiger partial charge >= 0.3 is 0 Å². The third-order valence-corrected chi connectivity index (χ3v) is 3.65. The minimum Gasteiger partial charge on any atom is -0.494 e. The molecule has 1 N–H and O–H groups in total. The van der Waals surface area contributed by atoms with Crippen molar-refractivity contribution >= 4 is 28.6 Å². The molecular formula is C14H16ClNOS. The van der Waals surface area contributed by atoms with Crippen LogP contribution in [-0.4, -0.2) is 6.61 Å². The Morgan fingerprint density at radius 2 is 1.94 bits per heavy atom. The molecule has 1 heterocycles. The first kappa shape index (κ1) is 13.2. The van der Waals surface area contributed by atoms with E-state index in [-0.39, 0.29) is 0 Å². The maximum atomic E-state index is 5.89. The molecule has 2 nitrogen and oxygen atoms in total. The van der Waals surface area contributed by atoms with Crippen LogP contribution in [0.15, 0.2) is 36.4 Å². The second-order valence-electron chi connectivity index (χ2n) is 3.93. The Labute approximate surface area is 117 Å². The lowest BCUT2D eigenvalue weighted by Gasteiger charge is -2.07. The Balaban J connectivity index is 1.86. The third kappa shape index (κ3) is 3.93. The molecule has 0 bridgehead atoms. The van der Waals surface area contributed by atoms with E-state index < -0.39 is 0 Å². The van der Waals surface area contributed by atoms with Gasteiger partial charge in [0.2, 0.25) is 0 Å². The highest BCUT2D eigenvalue weighted by atomic mass is 35.5. The molecule has 18 heavy (non-hydrogen) atoms. The number of ether oxygens (including phenoxy) is 1. The molecule has 0 amide bonds. The zero-order chi connectivity index (χ0) is 12.8. The van der Waals surface area contributed by atoms with Crippen LogP contribution < -0.4 is 10.1 Å². The van der Waals surface area contributed by atoms with Gasteiger partial charge in [0.25, 0.3) is 0 Å². The minimum atomic E-state index is 0.764. The molecule has 0 saturated carbocycles. The molecule has 0 radical (unpaired) electrons. The van der Waals surface area contributed by atoms with Crippen molar-refractivity contribution < 1.29 is 4.74 Å². The van der Waals surface area contributed by atoms with Gasteiger partial charge < -0.3 is 10.1 Å². The fourth-order valence-corrected chi connectivity index (χ4v) is 2.55. The number of benzene rings is 1. The number of halogens is 1. The number of anilines is 1. The second-order valence-corrected chi connectivity index (χ2v) is 5.73. The molecule has 0 unspecified atom stereocenters. The standard InChI is InChI=1S/C14H16ClNOS/c1-2-9-17-12-5-3-11(4-6-12)16-10-13-7-8-14(15)18-13/h3-8,16H,2,9-10H2,1H3. The fraction of sp³-hybridized carbons (Fsp3) is 0.286. The molecule has 2 aromatic rings. The predicted molar refractivity (Wildman–Crippen MR) is 78.9 cm³/mol. The Kier molecular flexibility index (Phi) is 4.90. The van der Waals surface area contributed by atoms with Crippen LogP contribution in [0.3, 0.4) is 0 Å². The van der Waals surface area contributed by atoms with Gasteiger partial charge in [0.1, 0.15) is 5.75 Å². The van der Waals surface area contributed by atoms with Crippen molar-refractivity contribution in [3.63, 3.8) is 0 Å². The molecule has 0 aliphatic rings. The largest absolute Gasteiger partial charge is 0.494 e. The van der Waals surface area contributed by atoms with Gasteiger partial charge in [0.05, 0.1) is 10.9 Å². The minimum absolute atomic E-state index is 0.764. The van der Waals surface area contributed by atoms with Crippen LogP contribution in [0.2, 0.25) is 4.34 Å². The van der Waals surface area contributed by atoms with E-state index in [1.54, 1.807) is 11.3 Å². The van der Waals surface area contributed by atoms with Crippen LogP contribution in [0, 0.1) is 0 Å². The van der Waals surface area contributed by atoms with Crippen LogP contribution in [0.4, 0.5) is 5.69 Å². The molecule has 0 spiro atoms. The highest BCUT2D eigenvalue weighted by molar-refractivity contribution is 7.16. The molecule has 1 aromatic heterocycles. The topological polar surface area (TPSA) is 21.3 Å². The molecule has 0 aliphatic heterocycles. The number of nitrogens with one attached hydrogen (secondary N) is 1. The molecule has 0 aliphatic carbocycles. The molecule has 4 heteroatoms. The predicted octanol–water partition coefficient (Wildman–Crippen LogP) is 4.80. The van der Waals surface area contributed by atoms with Gasteiger partial charge in [-0.25, -0.2) is 0 Å². The summed E-state index contributed by atoms with van der Waals surface area (Å²) in [7, 11) is 0. The number of hydrogen-bond acceptors (Lipinski definition) is 3. The summed E-state index contributed by atoms with van der Waals surface area (Å²) in [5.41, 5.74) is 1.09. The number of hydrogen-bond donors (Lipinski definition) is 1. The average Bonchev–Trinajstić information content (AvgIpc) is 2.81. The summed E-state index contributed by atoms with van der Waals surface area (Å²) in [5.74, 6) is 0.918. The lowest BCUT2D eigenvalue weighted by Crippen LogP contribution is -1.98. The molecule has 2 rings (SSSR count). The van der Waals surface area contributed by atoms with Crippen molar-refractivity contribution in [1.29, 1.82) is 0 Å². The van der Waals surface area contributed by atoms with Gasteiger partial charge in [-0.2, -0.15) is 0 Å². The molecule has 0 saturated heterocycles. The Bertz CT molecular complexity index is 481. The summed E-state index contributed by atoms with van der Waals surface area (Å²) in [5, 5.41) is 3.35. The molecule has 0 fully saturated rings. The smallest absolute Gasteiger partial charge is 0.119 e. The summed E-state index contributed by atoms with van der Waals surface area (Å²) in [6, 6.07) is 12.0. The third-order valence-electron chi connectivity index (χ3n) is 2.42. The van der Waals surface area contributed by atoms with Gasteiger partial charge in [-0.15, -0.1) is 11.3 Å². The van der Waals surface area contributed by atoms with Crippen molar-refractivity contribution in [3.05, 3.63) is 45.6 Å². The van der Waals surface area contributed by atoms with E-state index in [1.807, 2.05) is 36.4 Å². The monoisotopic (exact) mass is 281 g/mol. The van der Waals surface area contributed by atoms with Crippen molar-refractivity contribution in [2.45, 2.75) is 19.9 Å². The number of thiophene rings is 1. The maximum Gasteiger partial charge on any atom is 0.119 e. The van der Waals surface area contributed by atoms with Crippen LogP contribution in [0.25, 0.3) is 0 Å². The number of rotatable bonds is 6. The molecule has 1 aromatic carbocycles. The van der Waals surface area contributed by atoms with Crippen LogP contribution in [-0.2, 0) is 6.54 Å². The zero-order valence-electron chi connectivity index (χ0n) is 10.3. The van der Waals surface area contributed by atoms with Crippen LogP contribution in [0.1, 0.15) is 18.2 Å². The molecule has 96 valence electrons. The zero-order valence-corrected chi connectivity index (χ0v) is 11.9. The van der Waals surface area contributed by atoms with Crippen molar-refractivity contribution in [2.24, 2.45) is 0 Å². The van der Waals surface area contributed by atoms with Gasteiger partial charge in [-0.1, -0.05) is 18.5 Å². The van der Waals surface area contributed by atoms with E-state index >= 15 is 0 Å². The maximum absolute atomic E-state index is 5.89. The Hall–Kier alpha value is -1.19. The Morgan fingerprint density at radius 1 is 1.17 bits per heavy atom. The van der Waals surface area contributed by atoms with E-state index in [0.717, 1.165) is 35.3 Å². The highest BCUT2D eigenvalue weighted by Gasteiger charge is 1.98. The first-order chi connectivity index (χ1) is 8.78. The molecular weight excluding hydrogens is 266 g/mol. The van der Waals surface area contributed by atoms with Gasteiger partial charge in [-0.3, -0.25) is 0 Å². The van der Waals surface area contributed by atoms with E-state index in [2.05, 4.69) is 12.2 Å². The first-order valence-corrected chi connectivity index (χ1v) is 7.18. The summed E-state index contributed by atoms with van der Waals surface area (Å²) >= 11 is 7.49. The SMILES string of the molecule is CCCOc1ccc(NCc2ccc(Cl)s2)cc1. The summed E-state index contributed by atoms with van der Waals surface area (Å²) in [4.78, 5) is 1.23. The van der Waals surface area contributed by atoms with Crippen LogP contribution in [0.5, 0.6) is 5.75 Å². The summed E-state index contributed by atoms with van der Waals surface area (Å²) in [6.07, 6.45) is 1.03. The Morgan fingerprint density at radius 3 is 2.56 bits per heavy atom. The highest BCUT2D eigenvalue weighted by Crippen LogP contribution is 2.23. The first-order valence-electron chi connectivity index (χ1n) is 5.99. The van der Waals surface area contributed by atoms with Crippen molar-refractivity contribution in [1.82, 2.24) is 0 Å². The van der Waals surface area contributed by atoms with Gasteiger partial charge in [0, 0.05) is 17.1 Å². The van der Waals surface area contributed by atoms with Gasteiger partial charge in [0.15, 0.2) is 0 Å². The summed E-state index contributed by atoms with van der Waals surface area (Å²) in [6.45, 7) is 3.66. The van der Waals surface area contributed by atoms with E-state index in [1.165, 1.54) is 4.88 Å². The fourth-order valence-electron chi connectivity index (χ4n) is 1.52. The molecule has 0 atom stereocenters. The van der Waals surface area contributed by atoms with Crippen molar-refractivity contribution in [3.8, 4) is 5.75 Å². The van der Waals surface area contributed by atoms with E-state index in [9.17, 15) is 0 Å². The lowest BCUT2D eigenvalue weighted by molar-refractivity contribution is 0.317. The van der Waals surface area contributed by atoms with E-state index in [4.69, 9.17) is 16.3 Å². The average molecular weight is 282 g/mol. The van der Waals surface area contributed by atoms with Gasteiger partial charge in [-0.05, 0) is 42.8 Å².